The minimum Gasteiger partial charge on any atom is -0.347 e. The number of amides is 2. The molecule has 0 atom stereocenters. The fourth-order valence-electron chi connectivity index (χ4n) is 2.21. The number of thiophene rings is 1. The van der Waals surface area contributed by atoms with E-state index >= 15 is 0 Å². The molecule has 0 aliphatic rings. The quantitative estimate of drug-likeness (QED) is 0.635. The van der Waals surface area contributed by atoms with Gasteiger partial charge < -0.3 is 10.6 Å². The Morgan fingerprint density at radius 3 is 2.36 bits per heavy atom. The average Bonchev–Trinajstić information content (AvgIpc) is 3.17. The van der Waals surface area contributed by atoms with Crippen molar-refractivity contribution in [2.45, 2.75) is 6.54 Å². The van der Waals surface area contributed by atoms with Crippen molar-refractivity contribution < 1.29 is 9.59 Å². The minimum atomic E-state index is -0.180. The van der Waals surface area contributed by atoms with E-state index < -0.39 is 0 Å². The Kier molecular flexibility index (Phi) is 5.63. The van der Waals surface area contributed by atoms with Gasteiger partial charge in [0.2, 0.25) is 0 Å². The number of halogens is 1. The highest BCUT2D eigenvalue weighted by Gasteiger charge is 2.09. The number of carbonyl (C=O) groups is 2. The van der Waals surface area contributed by atoms with Crippen LogP contribution in [0.2, 0.25) is 0 Å². The molecule has 1 aromatic heterocycles. The molecule has 25 heavy (non-hydrogen) atoms. The predicted molar refractivity (Wildman–Crippen MR) is 104 cm³/mol. The van der Waals surface area contributed by atoms with Crippen LogP contribution >= 0.6 is 27.3 Å². The molecule has 2 N–H and O–H groups in total. The lowest BCUT2D eigenvalue weighted by Crippen LogP contribution is -2.21. The normalized spacial score (nSPS) is 10.3. The van der Waals surface area contributed by atoms with Crippen LogP contribution in [0.1, 0.15) is 25.6 Å². The highest BCUT2D eigenvalue weighted by Crippen LogP contribution is 2.22. The van der Waals surface area contributed by atoms with Crippen LogP contribution in [0.3, 0.4) is 0 Å². The molecule has 0 saturated heterocycles. The maximum Gasteiger partial charge on any atom is 0.261 e. The van der Waals surface area contributed by atoms with Gasteiger partial charge in [-0.15, -0.1) is 11.3 Å². The van der Waals surface area contributed by atoms with Crippen molar-refractivity contribution in [3.8, 4) is 0 Å². The van der Waals surface area contributed by atoms with Crippen molar-refractivity contribution in [2.24, 2.45) is 0 Å². The van der Waals surface area contributed by atoms with E-state index in [1.165, 1.54) is 11.3 Å². The fraction of sp³-hybridized carbons (Fsp3) is 0.0526. The van der Waals surface area contributed by atoms with Crippen LogP contribution in [0, 0.1) is 0 Å². The van der Waals surface area contributed by atoms with Crippen LogP contribution in [0.4, 0.5) is 5.69 Å². The van der Waals surface area contributed by atoms with E-state index in [1.807, 2.05) is 47.8 Å². The Morgan fingerprint density at radius 1 is 0.920 bits per heavy atom. The first-order valence-electron chi connectivity index (χ1n) is 7.60. The monoisotopic (exact) mass is 414 g/mol. The summed E-state index contributed by atoms with van der Waals surface area (Å²) in [6.07, 6.45) is 0. The highest BCUT2D eigenvalue weighted by atomic mass is 79.9. The third-order valence-electron chi connectivity index (χ3n) is 3.54. The first-order valence-corrected chi connectivity index (χ1v) is 9.27. The Morgan fingerprint density at radius 2 is 1.68 bits per heavy atom. The summed E-state index contributed by atoms with van der Waals surface area (Å²) in [5.74, 6) is -0.271. The molecule has 0 saturated carbocycles. The maximum absolute atomic E-state index is 12.3. The lowest BCUT2D eigenvalue weighted by atomic mass is 10.1. The number of hydrogen-bond acceptors (Lipinski definition) is 3. The first kappa shape index (κ1) is 17.4. The molecule has 3 rings (SSSR count). The van der Waals surface area contributed by atoms with Gasteiger partial charge in [0.25, 0.3) is 11.8 Å². The molecule has 0 aliphatic carbocycles. The molecular formula is C19H15BrN2O2S. The van der Waals surface area contributed by atoms with Gasteiger partial charge in [-0.2, -0.15) is 0 Å². The van der Waals surface area contributed by atoms with E-state index in [4.69, 9.17) is 0 Å². The summed E-state index contributed by atoms with van der Waals surface area (Å²) in [5, 5.41) is 7.59. The van der Waals surface area contributed by atoms with Crippen molar-refractivity contribution in [2.75, 3.05) is 5.32 Å². The second-order valence-corrected chi connectivity index (χ2v) is 7.09. The summed E-state index contributed by atoms with van der Waals surface area (Å²) in [6, 6.07) is 18.3. The van der Waals surface area contributed by atoms with Gasteiger partial charge in [-0.1, -0.05) is 30.3 Å². The lowest BCUT2D eigenvalue weighted by Gasteiger charge is -2.08. The molecule has 0 spiro atoms. The third-order valence-corrected chi connectivity index (χ3v) is 5.10. The number of para-hydroxylation sites is 1. The van der Waals surface area contributed by atoms with Gasteiger partial charge in [-0.3, -0.25) is 9.59 Å². The first-order chi connectivity index (χ1) is 12.1. The maximum atomic E-state index is 12.3. The molecule has 0 bridgehead atoms. The molecule has 4 nitrogen and oxygen atoms in total. The standard InChI is InChI=1S/C19H15BrN2O2S/c20-15-4-1-2-5-16(15)22-18(23)14-9-7-13(8-10-14)12-21-19(24)17-6-3-11-25-17/h1-11H,12H2,(H,21,24)(H,22,23). The molecule has 3 aromatic rings. The molecule has 0 radical (unpaired) electrons. The van der Waals surface area contributed by atoms with Crippen LogP contribution in [0.5, 0.6) is 0 Å². The van der Waals surface area contributed by atoms with Crippen LogP contribution in [0.25, 0.3) is 0 Å². The second-order valence-electron chi connectivity index (χ2n) is 5.29. The molecule has 0 aliphatic heterocycles. The fourth-order valence-corrected chi connectivity index (χ4v) is 3.23. The summed E-state index contributed by atoms with van der Waals surface area (Å²) in [7, 11) is 0. The van der Waals surface area contributed by atoms with Crippen molar-refractivity contribution in [3.63, 3.8) is 0 Å². The van der Waals surface area contributed by atoms with Crippen LogP contribution < -0.4 is 10.6 Å². The van der Waals surface area contributed by atoms with Crippen LogP contribution in [0.15, 0.2) is 70.5 Å². The largest absolute Gasteiger partial charge is 0.347 e. The lowest BCUT2D eigenvalue weighted by molar-refractivity contribution is 0.0953. The van der Waals surface area contributed by atoms with E-state index in [0.29, 0.717) is 17.0 Å². The van der Waals surface area contributed by atoms with E-state index in [-0.39, 0.29) is 11.8 Å². The van der Waals surface area contributed by atoms with Crippen molar-refractivity contribution in [1.29, 1.82) is 0 Å². The van der Waals surface area contributed by atoms with E-state index in [2.05, 4.69) is 26.6 Å². The van der Waals surface area contributed by atoms with Crippen LogP contribution in [-0.4, -0.2) is 11.8 Å². The highest BCUT2D eigenvalue weighted by molar-refractivity contribution is 9.10. The topological polar surface area (TPSA) is 58.2 Å². The minimum absolute atomic E-state index is 0.0919. The van der Waals surface area contributed by atoms with Gasteiger partial charge in [-0.05, 0) is 57.2 Å². The molecule has 0 fully saturated rings. The predicted octanol–water partition coefficient (Wildman–Crippen LogP) is 4.69. The number of hydrogen-bond donors (Lipinski definition) is 2. The van der Waals surface area contributed by atoms with Gasteiger partial charge >= 0.3 is 0 Å². The average molecular weight is 415 g/mol. The summed E-state index contributed by atoms with van der Waals surface area (Å²) in [6.45, 7) is 0.420. The molecule has 0 unspecified atom stereocenters. The molecule has 126 valence electrons. The number of benzene rings is 2. The number of nitrogens with one attached hydrogen (secondary N) is 2. The van der Waals surface area contributed by atoms with E-state index in [0.717, 1.165) is 15.7 Å². The smallest absolute Gasteiger partial charge is 0.261 e. The zero-order valence-corrected chi connectivity index (χ0v) is 15.6. The van der Waals surface area contributed by atoms with Gasteiger partial charge in [-0.25, -0.2) is 0 Å². The van der Waals surface area contributed by atoms with Gasteiger partial charge in [0.15, 0.2) is 0 Å². The SMILES string of the molecule is O=C(Nc1ccccc1Br)c1ccc(CNC(=O)c2cccs2)cc1. The zero-order valence-electron chi connectivity index (χ0n) is 13.2. The molecule has 1 heterocycles. The number of carbonyl (C=O) groups excluding carboxylic acids is 2. The number of anilines is 1. The molecule has 6 heteroatoms. The van der Waals surface area contributed by atoms with E-state index in [1.54, 1.807) is 18.2 Å². The Bertz CT molecular complexity index is 877. The molecular weight excluding hydrogens is 400 g/mol. The van der Waals surface area contributed by atoms with Gasteiger partial charge in [0.1, 0.15) is 0 Å². The third kappa shape index (κ3) is 4.55. The zero-order chi connectivity index (χ0) is 17.6. The molecule has 2 aromatic carbocycles. The Labute approximate surface area is 158 Å². The number of rotatable bonds is 5. The Hall–Kier alpha value is -2.44. The Balaban J connectivity index is 1.59. The van der Waals surface area contributed by atoms with Crippen molar-refractivity contribution in [3.05, 3.63) is 86.5 Å². The van der Waals surface area contributed by atoms with Crippen molar-refractivity contribution in [1.82, 2.24) is 5.32 Å². The van der Waals surface area contributed by atoms with Crippen LogP contribution in [-0.2, 0) is 6.54 Å². The second kappa shape index (κ2) is 8.09. The van der Waals surface area contributed by atoms with Crippen molar-refractivity contribution >= 4 is 44.8 Å². The van der Waals surface area contributed by atoms with E-state index in [9.17, 15) is 9.59 Å². The molecule has 2 amide bonds. The summed E-state index contributed by atoms with van der Waals surface area (Å²) >= 11 is 4.81. The van der Waals surface area contributed by atoms with Gasteiger partial charge in [0.05, 0.1) is 10.6 Å². The van der Waals surface area contributed by atoms with Gasteiger partial charge in [0, 0.05) is 16.6 Å². The summed E-state index contributed by atoms with van der Waals surface area (Å²) < 4.78 is 0.830. The summed E-state index contributed by atoms with van der Waals surface area (Å²) in [4.78, 5) is 24.9. The summed E-state index contributed by atoms with van der Waals surface area (Å²) in [5.41, 5.74) is 2.21.